The molecule has 146 valence electrons. The highest BCUT2D eigenvalue weighted by Gasteiger charge is 2.13. The zero-order chi connectivity index (χ0) is 20.6. The zero-order valence-corrected chi connectivity index (χ0v) is 17.1. The number of aromatic nitrogens is 1. The maximum Gasteiger partial charge on any atom is 0.0541 e. The molecule has 0 aliphatic carbocycles. The molecular weight excluding hydrogens is 374 g/mol. The molecule has 0 unspecified atom stereocenters. The molecule has 6 aromatic rings. The van der Waals surface area contributed by atoms with Gasteiger partial charge in [0.1, 0.15) is 0 Å². The Balaban J connectivity index is 1.69. The molecule has 1 nitrogen and oxygen atoms in total. The summed E-state index contributed by atoms with van der Waals surface area (Å²) < 4.78 is 2.39. The van der Waals surface area contributed by atoms with Crippen molar-refractivity contribution < 1.29 is 0 Å². The fraction of sp³-hybridized carbons (Fsp3) is 0. The van der Waals surface area contributed by atoms with Gasteiger partial charge in [0, 0.05) is 16.5 Å². The van der Waals surface area contributed by atoms with E-state index in [1.54, 1.807) is 0 Å². The summed E-state index contributed by atoms with van der Waals surface area (Å²) in [5, 5.41) is 2.56. The standard InChI is InChI=1S/C30H21N/c1-3-11-22(12-4-1)24-19-25(23-13-5-2-6-14-23)21-26(20-24)31-29-17-9-7-15-27(29)28-16-8-10-18-30(28)31/h1-21H. The van der Waals surface area contributed by atoms with Crippen molar-refractivity contribution in [2.24, 2.45) is 0 Å². The molecule has 0 saturated heterocycles. The van der Waals surface area contributed by atoms with E-state index in [1.807, 2.05) is 0 Å². The highest BCUT2D eigenvalue weighted by Crippen LogP contribution is 2.35. The lowest BCUT2D eigenvalue weighted by Crippen LogP contribution is -1.95. The summed E-state index contributed by atoms with van der Waals surface area (Å²) in [6.07, 6.45) is 0. The Kier molecular flexibility index (Phi) is 4.18. The average Bonchev–Trinajstić information content (AvgIpc) is 3.19. The third kappa shape index (κ3) is 3.03. The van der Waals surface area contributed by atoms with Gasteiger partial charge in [0.25, 0.3) is 0 Å². The van der Waals surface area contributed by atoms with Crippen LogP contribution in [0.4, 0.5) is 0 Å². The normalized spacial score (nSPS) is 11.2. The van der Waals surface area contributed by atoms with Gasteiger partial charge < -0.3 is 4.57 Å². The van der Waals surface area contributed by atoms with E-state index in [2.05, 4.69) is 132 Å². The molecule has 0 amide bonds. The second-order valence-electron chi connectivity index (χ2n) is 7.87. The molecule has 0 saturated carbocycles. The summed E-state index contributed by atoms with van der Waals surface area (Å²) in [5.41, 5.74) is 8.53. The fourth-order valence-electron chi connectivity index (χ4n) is 4.54. The van der Waals surface area contributed by atoms with Crippen LogP contribution in [0, 0.1) is 0 Å². The maximum absolute atomic E-state index is 2.39. The van der Waals surface area contributed by atoms with E-state index in [4.69, 9.17) is 0 Å². The first-order valence-electron chi connectivity index (χ1n) is 10.6. The van der Waals surface area contributed by atoms with Gasteiger partial charge in [-0.3, -0.25) is 0 Å². The first kappa shape index (κ1) is 17.7. The van der Waals surface area contributed by atoms with Crippen LogP contribution >= 0.6 is 0 Å². The zero-order valence-electron chi connectivity index (χ0n) is 17.1. The molecule has 0 radical (unpaired) electrons. The van der Waals surface area contributed by atoms with Crippen molar-refractivity contribution >= 4 is 21.8 Å². The highest BCUT2D eigenvalue weighted by atomic mass is 15.0. The minimum atomic E-state index is 1.18. The molecule has 0 aliphatic rings. The number of fused-ring (bicyclic) bond motifs is 3. The Labute approximate surface area is 181 Å². The lowest BCUT2D eigenvalue weighted by molar-refractivity contribution is 1.18. The molecule has 1 heterocycles. The van der Waals surface area contributed by atoms with Gasteiger partial charge in [0.05, 0.1) is 11.0 Å². The lowest BCUT2D eigenvalue weighted by atomic mass is 9.98. The van der Waals surface area contributed by atoms with Gasteiger partial charge in [-0.1, -0.05) is 97.1 Å². The van der Waals surface area contributed by atoms with Gasteiger partial charge in [-0.15, -0.1) is 0 Å². The summed E-state index contributed by atoms with van der Waals surface area (Å²) in [5.74, 6) is 0. The van der Waals surface area contributed by atoms with Gasteiger partial charge in [0.15, 0.2) is 0 Å². The Morgan fingerprint density at radius 3 is 1.26 bits per heavy atom. The summed E-state index contributed by atoms with van der Waals surface area (Å²) in [6.45, 7) is 0. The van der Waals surface area contributed by atoms with Gasteiger partial charge in [0.2, 0.25) is 0 Å². The fourth-order valence-corrected chi connectivity index (χ4v) is 4.54. The molecule has 0 fully saturated rings. The van der Waals surface area contributed by atoms with Gasteiger partial charge in [-0.25, -0.2) is 0 Å². The lowest BCUT2D eigenvalue weighted by Gasteiger charge is -2.14. The van der Waals surface area contributed by atoms with Crippen LogP contribution in [0.1, 0.15) is 0 Å². The highest BCUT2D eigenvalue weighted by molar-refractivity contribution is 6.09. The van der Waals surface area contributed by atoms with Crippen LogP contribution in [-0.4, -0.2) is 4.57 Å². The van der Waals surface area contributed by atoms with Gasteiger partial charge in [-0.2, -0.15) is 0 Å². The van der Waals surface area contributed by atoms with E-state index >= 15 is 0 Å². The van der Waals surface area contributed by atoms with Crippen LogP contribution < -0.4 is 0 Å². The van der Waals surface area contributed by atoms with E-state index < -0.39 is 0 Å². The van der Waals surface area contributed by atoms with Crippen molar-refractivity contribution in [2.45, 2.75) is 0 Å². The van der Waals surface area contributed by atoms with Gasteiger partial charge in [-0.05, 0) is 52.6 Å². The first-order chi connectivity index (χ1) is 15.4. The Morgan fingerprint density at radius 2 is 0.774 bits per heavy atom. The van der Waals surface area contributed by atoms with Crippen molar-refractivity contribution in [1.29, 1.82) is 0 Å². The second kappa shape index (κ2) is 7.30. The molecule has 0 spiro atoms. The first-order valence-corrected chi connectivity index (χ1v) is 10.6. The molecule has 31 heavy (non-hydrogen) atoms. The molecule has 6 rings (SSSR count). The molecule has 5 aromatic carbocycles. The van der Waals surface area contributed by atoms with E-state index in [9.17, 15) is 0 Å². The molecule has 1 aromatic heterocycles. The molecule has 0 N–H and O–H groups in total. The minimum absolute atomic E-state index is 1.18. The van der Waals surface area contributed by atoms with Gasteiger partial charge >= 0.3 is 0 Å². The maximum atomic E-state index is 2.39. The van der Waals surface area contributed by atoms with Crippen LogP contribution in [0.3, 0.4) is 0 Å². The van der Waals surface area contributed by atoms with E-state index in [0.29, 0.717) is 0 Å². The average molecular weight is 396 g/mol. The summed E-state index contributed by atoms with van der Waals surface area (Å²) in [4.78, 5) is 0. The summed E-state index contributed by atoms with van der Waals surface area (Å²) in [6, 6.07) is 45.5. The van der Waals surface area contributed by atoms with Crippen molar-refractivity contribution in [1.82, 2.24) is 4.57 Å². The second-order valence-corrected chi connectivity index (χ2v) is 7.87. The Morgan fingerprint density at radius 1 is 0.355 bits per heavy atom. The van der Waals surface area contributed by atoms with Crippen molar-refractivity contribution in [3.8, 4) is 27.9 Å². The minimum Gasteiger partial charge on any atom is -0.309 e. The van der Waals surface area contributed by atoms with Crippen LogP contribution in [0.25, 0.3) is 49.7 Å². The van der Waals surface area contributed by atoms with Crippen molar-refractivity contribution in [2.75, 3.05) is 0 Å². The quantitative estimate of drug-likeness (QED) is 0.285. The van der Waals surface area contributed by atoms with Crippen LogP contribution in [-0.2, 0) is 0 Å². The van der Waals surface area contributed by atoms with E-state index in [1.165, 1.54) is 49.7 Å². The Hall–Kier alpha value is -4.10. The molecule has 0 aliphatic heterocycles. The predicted octanol–water partition coefficient (Wildman–Crippen LogP) is 8.12. The number of hydrogen-bond donors (Lipinski definition) is 0. The molecule has 0 atom stereocenters. The Bertz CT molecular complexity index is 1400. The number of hydrogen-bond acceptors (Lipinski definition) is 0. The number of rotatable bonds is 3. The van der Waals surface area contributed by atoms with E-state index in [0.717, 1.165) is 0 Å². The molecule has 1 heteroatoms. The van der Waals surface area contributed by atoms with Crippen LogP contribution in [0.2, 0.25) is 0 Å². The van der Waals surface area contributed by atoms with Crippen molar-refractivity contribution in [3.63, 3.8) is 0 Å². The topological polar surface area (TPSA) is 4.93 Å². The smallest absolute Gasteiger partial charge is 0.0541 e. The van der Waals surface area contributed by atoms with E-state index in [-0.39, 0.29) is 0 Å². The number of benzene rings is 5. The van der Waals surface area contributed by atoms with Crippen LogP contribution in [0.5, 0.6) is 0 Å². The largest absolute Gasteiger partial charge is 0.309 e. The predicted molar refractivity (Wildman–Crippen MR) is 132 cm³/mol. The summed E-state index contributed by atoms with van der Waals surface area (Å²) >= 11 is 0. The van der Waals surface area contributed by atoms with Crippen molar-refractivity contribution in [3.05, 3.63) is 127 Å². The van der Waals surface area contributed by atoms with Crippen LogP contribution in [0.15, 0.2) is 127 Å². The third-order valence-corrected chi connectivity index (χ3v) is 5.97. The number of nitrogens with zero attached hydrogens (tertiary/aromatic N) is 1. The SMILES string of the molecule is c1ccc(-c2cc(-c3ccccc3)cc(-n3c4ccccc4c4ccccc43)c2)cc1. The monoisotopic (exact) mass is 395 g/mol. The third-order valence-electron chi connectivity index (χ3n) is 5.97. The number of para-hydroxylation sites is 2. The molecular formula is C30H21N. The molecule has 0 bridgehead atoms. The summed E-state index contributed by atoms with van der Waals surface area (Å²) in [7, 11) is 0.